The third-order valence-corrected chi connectivity index (χ3v) is 6.95. The maximum absolute atomic E-state index is 12.3. The topological polar surface area (TPSA) is 41.5 Å². The van der Waals surface area contributed by atoms with Crippen molar-refractivity contribution in [1.29, 1.82) is 0 Å². The molecule has 3 atom stereocenters. The highest BCUT2D eigenvalue weighted by Crippen LogP contribution is 2.66. The van der Waals surface area contributed by atoms with Gasteiger partial charge < -0.3 is 0 Å². The van der Waals surface area contributed by atoms with Crippen LogP contribution in [0.15, 0.2) is 26.2 Å². The zero-order valence-electron chi connectivity index (χ0n) is 12.8. The van der Waals surface area contributed by atoms with E-state index < -0.39 is 0 Å². The van der Waals surface area contributed by atoms with E-state index >= 15 is 0 Å². The van der Waals surface area contributed by atoms with Gasteiger partial charge in [-0.1, -0.05) is 51.6 Å². The fourth-order valence-corrected chi connectivity index (χ4v) is 5.05. The Morgan fingerprint density at radius 1 is 1.36 bits per heavy atom. The summed E-state index contributed by atoms with van der Waals surface area (Å²) in [4.78, 5) is 12.3. The third kappa shape index (κ3) is 2.90. The smallest absolute Gasteiger partial charge is 0.244 e. The Balaban J connectivity index is 1.62. The molecule has 2 aliphatic carbocycles. The fraction of sp³-hybridized carbons (Fsp3) is 0.529. The Morgan fingerprint density at radius 2 is 2.05 bits per heavy atom. The average molecular weight is 428 g/mol. The monoisotopic (exact) mass is 426 g/mol. The molecule has 1 N–H and O–H groups in total. The number of benzene rings is 1. The summed E-state index contributed by atoms with van der Waals surface area (Å²) in [5.74, 6) is 0.804. The van der Waals surface area contributed by atoms with Crippen LogP contribution in [0.25, 0.3) is 0 Å². The van der Waals surface area contributed by atoms with E-state index in [1.807, 2.05) is 19.1 Å². The number of nitrogens with zero attached hydrogens (tertiary/aromatic N) is 1. The Bertz CT molecular complexity index is 621. The van der Waals surface area contributed by atoms with Gasteiger partial charge in [0.2, 0.25) is 5.91 Å². The van der Waals surface area contributed by atoms with Crippen LogP contribution in [-0.4, -0.2) is 12.1 Å². The molecule has 1 aromatic carbocycles. The third-order valence-electron chi connectivity index (χ3n) is 5.31. The minimum absolute atomic E-state index is 0.0795. The van der Waals surface area contributed by atoms with Crippen LogP contribution in [0.1, 0.15) is 43.7 Å². The first-order valence-electron chi connectivity index (χ1n) is 7.72. The lowest BCUT2D eigenvalue weighted by Crippen LogP contribution is -2.22. The molecular weight excluding hydrogens is 408 g/mol. The Morgan fingerprint density at radius 3 is 2.64 bits per heavy atom. The van der Waals surface area contributed by atoms with Crippen molar-refractivity contribution < 1.29 is 4.79 Å². The molecule has 0 saturated heterocycles. The van der Waals surface area contributed by atoms with E-state index in [0.717, 1.165) is 20.1 Å². The number of halogens is 2. The molecule has 2 fully saturated rings. The number of nitrogens with one attached hydrogen (secondary N) is 1. The average Bonchev–Trinajstić information content (AvgIpc) is 3.10. The van der Waals surface area contributed by atoms with Crippen LogP contribution in [0, 0.1) is 24.2 Å². The SMILES string of the molecule is Cc1c(Br)cc(/C=N\NC(=O)[C@@H]2[C@H]3CCCC[C@]32C)cc1Br. The molecule has 2 saturated carbocycles. The van der Waals surface area contributed by atoms with Gasteiger partial charge in [-0.25, -0.2) is 5.43 Å². The van der Waals surface area contributed by atoms with Gasteiger partial charge in [0.15, 0.2) is 0 Å². The Labute approximate surface area is 148 Å². The molecule has 22 heavy (non-hydrogen) atoms. The molecule has 0 aromatic heterocycles. The summed E-state index contributed by atoms with van der Waals surface area (Å²) in [5.41, 5.74) is 5.06. The fourth-order valence-electron chi connectivity index (χ4n) is 3.83. The maximum Gasteiger partial charge on any atom is 0.244 e. The minimum Gasteiger partial charge on any atom is -0.273 e. The lowest BCUT2D eigenvalue weighted by Gasteiger charge is -2.15. The highest BCUT2D eigenvalue weighted by molar-refractivity contribution is 9.11. The molecule has 2 aliphatic rings. The molecule has 118 valence electrons. The number of carbonyl (C=O) groups is 1. The van der Waals surface area contributed by atoms with E-state index in [4.69, 9.17) is 0 Å². The van der Waals surface area contributed by atoms with Gasteiger partial charge in [0.1, 0.15) is 0 Å². The molecule has 1 aromatic rings. The number of amides is 1. The predicted octanol–water partition coefficient (Wildman–Crippen LogP) is 4.80. The first-order chi connectivity index (χ1) is 10.4. The summed E-state index contributed by atoms with van der Waals surface area (Å²) in [7, 11) is 0. The molecule has 0 bridgehead atoms. The van der Waals surface area contributed by atoms with Gasteiger partial charge in [0, 0.05) is 14.9 Å². The second-order valence-electron chi connectivity index (χ2n) is 6.68. The summed E-state index contributed by atoms with van der Waals surface area (Å²) < 4.78 is 2.05. The Kier molecular flexibility index (Phi) is 4.47. The highest BCUT2D eigenvalue weighted by atomic mass is 79.9. The largest absolute Gasteiger partial charge is 0.273 e. The van der Waals surface area contributed by atoms with Crippen molar-refractivity contribution in [2.24, 2.45) is 22.4 Å². The van der Waals surface area contributed by atoms with Crippen LogP contribution in [0.4, 0.5) is 0 Å². The molecule has 0 unspecified atom stereocenters. The summed E-state index contributed by atoms with van der Waals surface area (Å²) in [5, 5.41) is 4.14. The van der Waals surface area contributed by atoms with Crippen LogP contribution >= 0.6 is 31.9 Å². The zero-order valence-corrected chi connectivity index (χ0v) is 16.0. The number of hydrogen-bond acceptors (Lipinski definition) is 2. The summed E-state index contributed by atoms with van der Waals surface area (Å²) in [6, 6.07) is 3.99. The molecule has 3 rings (SSSR count). The first-order valence-corrected chi connectivity index (χ1v) is 9.30. The lowest BCUT2D eigenvalue weighted by molar-refractivity contribution is -0.123. The molecule has 0 spiro atoms. The summed E-state index contributed by atoms with van der Waals surface area (Å²) in [6.45, 7) is 4.28. The second kappa shape index (κ2) is 6.08. The van der Waals surface area contributed by atoms with E-state index in [1.165, 1.54) is 25.7 Å². The highest BCUT2D eigenvalue weighted by Gasteiger charge is 2.64. The molecule has 5 heteroatoms. The van der Waals surface area contributed by atoms with Crippen molar-refractivity contribution >= 4 is 44.0 Å². The summed E-state index contributed by atoms with van der Waals surface area (Å²) in [6.07, 6.45) is 6.58. The van der Waals surface area contributed by atoms with Crippen molar-refractivity contribution in [3.8, 4) is 0 Å². The van der Waals surface area contributed by atoms with Gasteiger partial charge in [-0.2, -0.15) is 5.10 Å². The number of fused-ring (bicyclic) bond motifs is 1. The minimum atomic E-state index is 0.0795. The van der Waals surface area contributed by atoms with Crippen LogP contribution < -0.4 is 5.43 Å². The quantitative estimate of drug-likeness (QED) is 0.546. The first kappa shape index (κ1) is 16.2. The van der Waals surface area contributed by atoms with Crippen LogP contribution in [0.2, 0.25) is 0 Å². The number of rotatable bonds is 3. The van der Waals surface area contributed by atoms with Gasteiger partial charge in [0.05, 0.1) is 6.21 Å². The van der Waals surface area contributed by atoms with E-state index in [9.17, 15) is 4.79 Å². The van der Waals surface area contributed by atoms with Crippen molar-refractivity contribution in [2.45, 2.75) is 39.5 Å². The molecular formula is C17H20Br2N2O. The Hall–Kier alpha value is -0.680. The normalized spacial score (nSPS) is 30.2. The number of hydrogen-bond donors (Lipinski definition) is 1. The summed E-state index contributed by atoms with van der Waals surface area (Å²) >= 11 is 7.04. The van der Waals surface area contributed by atoms with Crippen molar-refractivity contribution in [3.63, 3.8) is 0 Å². The van der Waals surface area contributed by atoms with E-state index in [0.29, 0.717) is 5.92 Å². The van der Waals surface area contributed by atoms with Gasteiger partial charge in [-0.3, -0.25) is 4.79 Å². The van der Waals surface area contributed by atoms with Gasteiger partial charge in [0.25, 0.3) is 0 Å². The molecule has 0 heterocycles. The van der Waals surface area contributed by atoms with Crippen LogP contribution in [0.3, 0.4) is 0 Å². The van der Waals surface area contributed by atoms with Crippen molar-refractivity contribution in [3.05, 3.63) is 32.2 Å². The van der Waals surface area contributed by atoms with Crippen LogP contribution in [-0.2, 0) is 4.79 Å². The zero-order chi connectivity index (χ0) is 15.9. The number of hydrazone groups is 1. The van der Waals surface area contributed by atoms with Crippen molar-refractivity contribution in [2.75, 3.05) is 0 Å². The van der Waals surface area contributed by atoms with Crippen molar-refractivity contribution in [1.82, 2.24) is 5.43 Å². The molecule has 0 aliphatic heterocycles. The second-order valence-corrected chi connectivity index (χ2v) is 8.39. The van der Waals surface area contributed by atoms with E-state index in [2.05, 4.69) is 49.3 Å². The molecule has 1 amide bonds. The van der Waals surface area contributed by atoms with Crippen LogP contribution in [0.5, 0.6) is 0 Å². The van der Waals surface area contributed by atoms with E-state index in [1.54, 1.807) is 6.21 Å². The molecule has 0 radical (unpaired) electrons. The van der Waals surface area contributed by atoms with Gasteiger partial charge >= 0.3 is 0 Å². The predicted molar refractivity (Wildman–Crippen MR) is 95.9 cm³/mol. The van der Waals surface area contributed by atoms with Gasteiger partial charge in [-0.15, -0.1) is 0 Å². The number of carbonyl (C=O) groups excluding carboxylic acids is 1. The van der Waals surface area contributed by atoms with E-state index in [-0.39, 0.29) is 17.2 Å². The lowest BCUT2D eigenvalue weighted by atomic mass is 9.90. The maximum atomic E-state index is 12.3. The van der Waals surface area contributed by atoms with Gasteiger partial charge in [-0.05, 0) is 54.4 Å². The molecule has 3 nitrogen and oxygen atoms in total. The standard InChI is InChI=1S/C17H20Br2N2O/c1-10-13(18)7-11(8-14(10)19)9-20-21-16(22)15-12-5-3-4-6-17(12,15)2/h7-9,12,15H,3-6H2,1-2H3,(H,21,22)/b20-9-/t12-,15+,17-/m1/s1.